The van der Waals surface area contributed by atoms with Crippen molar-refractivity contribution in [3.8, 4) is 5.75 Å². The molecule has 0 amide bonds. The fourth-order valence-corrected chi connectivity index (χ4v) is 4.63. The van der Waals surface area contributed by atoms with E-state index in [1.807, 2.05) is 56.3 Å². The molecule has 0 saturated carbocycles. The van der Waals surface area contributed by atoms with Gasteiger partial charge in [0.1, 0.15) is 41.9 Å². The molecule has 0 aliphatic carbocycles. The number of hydrogen-bond donors (Lipinski definition) is 0. The summed E-state index contributed by atoms with van der Waals surface area (Å²) in [6.07, 6.45) is 0.262. The van der Waals surface area contributed by atoms with Crippen LogP contribution in [0.1, 0.15) is 25.1 Å². The van der Waals surface area contributed by atoms with Crippen molar-refractivity contribution in [1.29, 1.82) is 0 Å². The third kappa shape index (κ3) is 5.28. The van der Waals surface area contributed by atoms with Gasteiger partial charge in [0.05, 0.1) is 19.3 Å². The maximum Gasteiger partial charge on any atom is 0.336 e. The topological polar surface area (TPSA) is 107 Å². The van der Waals surface area contributed by atoms with E-state index in [-0.39, 0.29) is 24.9 Å². The highest BCUT2D eigenvalue weighted by Gasteiger charge is 2.55. The zero-order valence-electron chi connectivity index (χ0n) is 20.5. The fourth-order valence-electron chi connectivity index (χ4n) is 4.63. The van der Waals surface area contributed by atoms with Crippen LogP contribution in [0, 0.1) is 0 Å². The molecule has 4 aromatic rings. The second kappa shape index (κ2) is 9.71. The van der Waals surface area contributed by atoms with Crippen LogP contribution in [0.15, 0.2) is 76.1 Å². The van der Waals surface area contributed by atoms with E-state index in [0.29, 0.717) is 30.2 Å². The Labute approximate surface area is 212 Å². The van der Waals surface area contributed by atoms with Crippen LogP contribution in [0.5, 0.6) is 5.75 Å². The highest BCUT2D eigenvalue weighted by Crippen LogP contribution is 2.39. The van der Waals surface area contributed by atoms with Gasteiger partial charge in [-0.2, -0.15) is 0 Å². The second-order valence-electron chi connectivity index (χ2n) is 9.58. The molecular formula is C27H27N3O7. The molecule has 0 N–H and O–H groups in total. The Bertz CT molecular complexity index is 1430. The minimum Gasteiger partial charge on any atom is -0.487 e. The molecule has 2 fully saturated rings. The highest BCUT2D eigenvalue weighted by atomic mass is 16.8. The molecule has 2 aliphatic rings. The molecule has 0 bridgehead atoms. The van der Waals surface area contributed by atoms with Crippen LogP contribution in [0.2, 0.25) is 0 Å². The first kappa shape index (κ1) is 23.8. The van der Waals surface area contributed by atoms with Gasteiger partial charge >= 0.3 is 5.63 Å². The van der Waals surface area contributed by atoms with E-state index in [1.165, 1.54) is 6.07 Å². The summed E-state index contributed by atoms with van der Waals surface area (Å²) in [5, 5.41) is 9.28. The Morgan fingerprint density at radius 2 is 1.86 bits per heavy atom. The van der Waals surface area contributed by atoms with Crippen molar-refractivity contribution in [3.05, 3.63) is 88.5 Å². The van der Waals surface area contributed by atoms with E-state index < -0.39 is 17.7 Å². The Kier molecular flexibility index (Phi) is 6.25. The van der Waals surface area contributed by atoms with Gasteiger partial charge in [0.2, 0.25) is 0 Å². The first-order chi connectivity index (χ1) is 17.9. The molecule has 192 valence electrons. The van der Waals surface area contributed by atoms with E-state index in [0.717, 1.165) is 10.9 Å². The van der Waals surface area contributed by atoms with Crippen molar-refractivity contribution < 1.29 is 28.1 Å². The van der Waals surface area contributed by atoms with Gasteiger partial charge in [0.15, 0.2) is 12.1 Å². The van der Waals surface area contributed by atoms with Crippen molar-refractivity contribution in [1.82, 2.24) is 15.0 Å². The van der Waals surface area contributed by atoms with E-state index in [1.54, 1.807) is 23.0 Å². The monoisotopic (exact) mass is 505 g/mol. The molecule has 10 heteroatoms. The van der Waals surface area contributed by atoms with Crippen molar-refractivity contribution in [2.75, 3.05) is 0 Å². The summed E-state index contributed by atoms with van der Waals surface area (Å²) >= 11 is 0. The molecule has 6 rings (SSSR count). The van der Waals surface area contributed by atoms with Crippen LogP contribution in [-0.2, 0) is 38.7 Å². The predicted octanol–water partition coefficient (Wildman–Crippen LogP) is 3.43. The van der Waals surface area contributed by atoms with Crippen LogP contribution in [-0.4, -0.2) is 45.4 Å². The molecule has 4 unspecified atom stereocenters. The third-order valence-electron chi connectivity index (χ3n) is 6.31. The number of rotatable bonds is 8. The molecule has 4 atom stereocenters. The molecule has 2 saturated heterocycles. The largest absolute Gasteiger partial charge is 0.487 e. The normalized spacial score (nSPS) is 24.4. The smallest absolute Gasteiger partial charge is 0.336 e. The van der Waals surface area contributed by atoms with Crippen molar-refractivity contribution >= 4 is 11.0 Å². The number of nitrogens with zero attached hydrogens (tertiary/aromatic N) is 3. The zero-order valence-corrected chi connectivity index (χ0v) is 20.5. The van der Waals surface area contributed by atoms with Gasteiger partial charge in [-0.05, 0) is 37.6 Å². The van der Waals surface area contributed by atoms with Crippen LogP contribution < -0.4 is 10.4 Å². The Hall–Kier alpha value is -3.57. The quantitative estimate of drug-likeness (QED) is 0.333. The summed E-state index contributed by atoms with van der Waals surface area (Å²) in [7, 11) is 0. The van der Waals surface area contributed by atoms with Gasteiger partial charge < -0.3 is 28.1 Å². The molecule has 0 radical (unpaired) electrons. The van der Waals surface area contributed by atoms with Gasteiger partial charge in [-0.15, -0.1) is 5.10 Å². The van der Waals surface area contributed by atoms with Crippen LogP contribution in [0.3, 0.4) is 0 Å². The SMILES string of the molecule is CC1(C)OC2OC(Cn3cc(COc4ccc5ccc(=O)oc5c4)nn3)C(OCc3ccccc3)C2O1. The van der Waals surface area contributed by atoms with E-state index >= 15 is 0 Å². The van der Waals surface area contributed by atoms with Gasteiger partial charge in [-0.3, -0.25) is 0 Å². The minimum atomic E-state index is -0.738. The fraction of sp³-hybridized carbons (Fsp3) is 0.370. The Balaban J connectivity index is 1.11. The Morgan fingerprint density at radius 3 is 2.73 bits per heavy atom. The van der Waals surface area contributed by atoms with Crippen LogP contribution >= 0.6 is 0 Å². The van der Waals surface area contributed by atoms with E-state index in [4.69, 9.17) is 28.1 Å². The summed E-state index contributed by atoms with van der Waals surface area (Å²) in [6.45, 7) is 4.78. The molecule has 4 heterocycles. The van der Waals surface area contributed by atoms with Crippen molar-refractivity contribution in [2.24, 2.45) is 0 Å². The lowest BCUT2D eigenvalue weighted by atomic mass is 10.1. The van der Waals surface area contributed by atoms with Crippen LogP contribution in [0.25, 0.3) is 11.0 Å². The standard InChI is InChI=1S/C27H27N3O7/c1-27(2)36-25-24(33-15-17-6-4-3-5-7-17)22(35-26(25)37-27)14-30-13-19(28-29-30)16-32-20-10-8-18-9-11-23(31)34-21(18)12-20/h3-13,22,24-26H,14-16H2,1-2H3. The molecule has 2 aromatic heterocycles. The maximum absolute atomic E-state index is 11.5. The predicted molar refractivity (Wildman–Crippen MR) is 131 cm³/mol. The molecule has 2 aliphatic heterocycles. The molecule has 37 heavy (non-hydrogen) atoms. The van der Waals surface area contributed by atoms with Crippen molar-refractivity contribution in [2.45, 2.75) is 64.0 Å². The Morgan fingerprint density at radius 1 is 1.03 bits per heavy atom. The minimum absolute atomic E-state index is 0.202. The second-order valence-corrected chi connectivity index (χ2v) is 9.58. The number of benzene rings is 2. The third-order valence-corrected chi connectivity index (χ3v) is 6.31. The van der Waals surface area contributed by atoms with Crippen LogP contribution in [0.4, 0.5) is 0 Å². The number of fused-ring (bicyclic) bond motifs is 2. The summed E-state index contributed by atoms with van der Waals surface area (Å²) < 4.78 is 37.3. The number of aromatic nitrogens is 3. The zero-order chi connectivity index (χ0) is 25.4. The van der Waals surface area contributed by atoms with Gasteiger partial charge in [0, 0.05) is 17.5 Å². The summed E-state index contributed by atoms with van der Waals surface area (Å²) in [6, 6.07) is 18.4. The lowest BCUT2D eigenvalue weighted by molar-refractivity contribution is -0.220. The number of hydrogen-bond acceptors (Lipinski definition) is 9. The van der Waals surface area contributed by atoms with Crippen molar-refractivity contribution in [3.63, 3.8) is 0 Å². The molecule has 0 spiro atoms. The average Bonchev–Trinajstić information content (AvgIpc) is 3.54. The first-order valence-electron chi connectivity index (χ1n) is 12.1. The van der Waals surface area contributed by atoms with Gasteiger partial charge in [0.25, 0.3) is 0 Å². The average molecular weight is 506 g/mol. The summed E-state index contributed by atoms with van der Waals surface area (Å²) in [5.41, 5.74) is 1.77. The summed E-state index contributed by atoms with van der Waals surface area (Å²) in [5.74, 6) is -0.174. The van der Waals surface area contributed by atoms with E-state index in [9.17, 15) is 4.79 Å². The first-order valence-corrected chi connectivity index (χ1v) is 12.1. The molecule has 2 aromatic carbocycles. The highest BCUT2D eigenvalue weighted by molar-refractivity contribution is 5.77. The lowest BCUT2D eigenvalue weighted by Gasteiger charge is -2.26. The lowest BCUT2D eigenvalue weighted by Crippen LogP contribution is -2.38. The maximum atomic E-state index is 11.5. The van der Waals surface area contributed by atoms with Gasteiger partial charge in [-0.1, -0.05) is 35.5 Å². The number of ether oxygens (including phenoxy) is 5. The van der Waals surface area contributed by atoms with Gasteiger partial charge in [-0.25, -0.2) is 9.48 Å². The molecular weight excluding hydrogens is 478 g/mol. The van der Waals surface area contributed by atoms with E-state index in [2.05, 4.69) is 10.3 Å². The molecule has 10 nitrogen and oxygen atoms in total. The summed E-state index contributed by atoms with van der Waals surface area (Å²) in [4.78, 5) is 11.5.